The van der Waals surface area contributed by atoms with E-state index < -0.39 is 0 Å². The summed E-state index contributed by atoms with van der Waals surface area (Å²) in [5.41, 5.74) is 0.300. The highest BCUT2D eigenvalue weighted by molar-refractivity contribution is 5.92. The highest BCUT2D eigenvalue weighted by Gasteiger charge is 2.21. The Bertz CT molecular complexity index is 429. The Morgan fingerprint density at radius 2 is 2.56 bits per heavy atom. The molecular weight excluding hydrogens is 206 g/mol. The van der Waals surface area contributed by atoms with E-state index >= 15 is 0 Å². The third-order valence-corrected chi connectivity index (χ3v) is 2.47. The molecule has 1 aromatic rings. The normalized spacial score (nSPS) is 17.2. The molecule has 1 amide bonds. The van der Waals surface area contributed by atoms with Crippen molar-refractivity contribution in [2.45, 2.75) is 19.0 Å². The largest absolute Gasteiger partial charge is 0.337 e. The van der Waals surface area contributed by atoms with Gasteiger partial charge in [-0.15, -0.1) is 11.5 Å². The zero-order chi connectivity index (χ0) is 11.5. The Labute approximate surface area is 93.4 Å². The van der Waals surface area contributed by atoms with Crippen LogP contribution >= 0.6 is 0 Å². The number of hydrogen-bond acceptors (Lipinski definition) is 4. The molecule has 1 saturated heterocycles. The molecule has 0 spiro atoms. The topological polar surface area (TPSA) is 71.8 Å². The van der Waals surface area contributed by atoms with E-state index in [4.69, 9.17) is 6.42 Å². The molecule has 0 bridgehead atoms. The lowest BCUT2D eigenvalue weighted by atomic mass is 10.2. The van der Waals surface area contributed by atoms with Gasteiger partial charge in [0.1, 0.15) is 0 Å². The molecule has 0 aliphatic carbocycles. The summed E-state index contributed by atoms with van der Waals surface area (Å²) in [4.78, 5) is 11.6. The van der Waals surface area contributed by atoms with Crippen molar-refractivity contribution in [1.29, 1.82) is 0 Å². The van der Waals surface area contributed by atoms with Gasteiger partial charge in [-0.1, -0.05) is 11.1 Å². The number of hydrogen-bond donors (Lipinski definition) is 2. The van der Waals surface area contributed by atoms with Gasteiger partial charge in [-0.05, 0) is 6.92 Å². The van der Waals surface area contributed by atoms with Crippen molar-refractivity contribution in [2.75, 3.05) is 13.1 Å². The zero-order valence-corrected chi connectivity index (χ0v) is 8.97. The number of rotatable bonds is 3. The Kier molecular flexibility index (Phi) is 2.88. The highest BCUT2D eigenvalue weighted by Crippen LogP contribution is 2.09. The highest BCUT2D eigenvalue weighted by atomic mass is 16.2. The smallest absolute Gasteiger partial charge is 0.274 e. The molecule has 6 nitrogen and oxygen atoms in total. The van der Waals surface area contributed by atoms with Crippen LogP contribution in [0.5, 0.6) is 0 Å². The van der Waals surface area contributed by atoms with Crippen LogP contribution in [0.25, 0.3) is 0 Å². The molecule has 0 radical (unpaired) electrons. The van der Waals surface area contributed by atoms with Crippen LogP contribution in [0.1, 0.15) is 23.5 Å². The Balaban J connectivity index is 2.01. The molecule has 1 fully saturated rings. The molecule has 16 heavy (non-hydrogen) atoms. The lowest BCUT2D eigenvalue weighted by molar-refractivity contribution is 0.0943. The van der Waals surface area contributed by atoms with Gasteiger partial charge >= 0.3 is 0 Å². The first kappa shape index (κ1) is 10.6. The van der Waals surface area contributed by atoms with E-state index in [-0.39, 0.29) is 11.9 Å². The fourth-order valence-electron chi connectivity index (χ4n) is 1.33. The number of amides is 1. The summed E-state index contributed by atoms with van der Waals surface area (Å²) in [5.74, 6) is 2.13. The average Bonchev–Trinajstić information content (AvgIpc) is 2.64. The average molecular weight is 219 g/mol. The molecule has 1 aromatic heterocycles. The first-order valence-corrected chi connectivity index (χ1v) is 5.10. The monoisotopic (exact) mass is 219 g/mol. The number of carbonyl (C=O) groups is 1. The lowest BCUT2D eigenvalue weighted by Crippen LogP contribution is -2.43. The molecule has 1 unspecified atom stereocenters. The van der Waals surface area contributed by atoms with Crippen molar-refractivity contribution in [3.8, 4) is 12.3 Å². The molecule has 1 aliphatic rings. The number of terminal acetylenes is 1. The maximum atomic E-state index is 11.6. The second-order valence-corrected chi connectivity index (χ2v) is 3.76. The predicted octanol–water partition coefficient (Wildman–Crippen LogP) is -0.826. The molecule has 2 N–H and O–H groups in total. The Morgan fingerprint density at radius 1 is 1.81 bits per heavy atom. The third-order valence-electron chi connectivity index (χ3n) is 2.47. The molecule has 2 rings (SSSR count). The van der Waals surface area contributed by atoms with Crippen LogP contribution in [0.4, 0.5) is 0 Å². The van der Waals surface area contributed by atoms with E-state index in [0.717, 1.165) is 13.1 Å². The van der Waals surface area contributed by atoms with E-state index in [1.807, 2.05) is 0 Å². The van der Waals surface area contributed by atoms with Gasteiger partial charge in [0.15, 0.2) is 5.69 Å². The molecule has 6 heteroatoms. The standard InChI is InChI=1S/C10H13N5O/c1-3-7(2)12-10(16)9-6-15(14-13-9)8-4-11-5-8/h1,6-8,11H,4-5H2,2H3,(H,12,16). The second kappa shape index (κ2) is 4.33. The predicted molar refractivity (Wildman–Crippen MR) is 57.7 cm³/mol. The Hall–Kier alpha value is -1.87. The van der Waals surface area contributed by atoms with Crippen LogP contribution in [0.2, 0.25) is 0 Å². The van der Waals surface area contributed by atoms with Gasteiger partial charge in [0, 0.05) is 13.1 Å². The van der Waals surface area contributed by atoms with Gasteiger partial charge in [-0.25, -0.2) is 4.68 Å². The first-order valence-electron chi connectivity index (χ1n) is 5.10. The number of carbonyl (C=O) groups excluding carboxylic acids is 1. The lowest BCUT2D eigenvalue weighted by Gasteiger charge is -2.26. The van der Waals surface area contributed by atoms with Gasteiger partial charge in [-0.2, -0.15) is 0 Å². The molecular formula is C10H13N5O. The van der Waals surface area contributed by atoms with E-state index in [2.05, 4.69) is 26.9 Å². The van der Waals surface area contributed by atoms with Crippen molar-refractivity contribution in [2.24, 2.45) is 0 Å². The van der Waals surface area contributed by atoms with Crippen molar-refractivity contribution in [3.05, 3.63) is 11.9 Å². The summed E-state index contributed by atoms with van der Waals surface area (Å²) in [7, 11) is 0. The van der Waals surface area contributed by atoms with Crippen LogP contribution in [0, 0.1) is 12.3 Å². The van der Waals surface area contributed by atoms with Crippen LogP contribution in [0.3, 0.4) is 0 Å². The maximum Gasteiger partial charge on any atom is 0.274 e. The Morgan fingerprint density at radius 3 is 3.12 bits per heavy atom. The number of aromatic nitrogens is 3. The summed E-state index contributed by atoms with van der Waals surface area (Å²) in [6, 6.07) is 0.00197. The van der Waals surface area contributed by atoms with Crippen LogP contribution in [-0.4, -0.2) is 40.0 Å². The van der Waals surface area contributed by atoms with Crippen LogP contribution < -0.4 is 10.6 Å². The summed E-state index contributed by atoms with van der Waals surface area (Å²) in [6.45, 7) is 3.47. The van der Waals surface area contributed by atoms with Gasteiger partial charge in [0.05, 0.1) is 18.3 Å². The van der Waals surface area contributed by atoms with Crippen molar-refractivity contribution < 1.29 is 4.79 Å². The number of nitrogens with zero attached hydrogens (tertiary/aromatic N) is 3. The van der Waals surface area contributed by atoms with Crippen molar-refractivity contribution in [1.82, 2.24) is 25.6 Å². The minimum atomic E-state index is -0.303. The summed E-state index contributed by atoms with van der Waals surface area (Å²) in [5, 5.41) is 13.5. The molecule has 2 heterocycles. The summed E-state index contributed by atoms with van der Waals surface area (Å²) in [6.07, 6.45) is 6.81. The van der Waals surface area contributed by atoms with Crippen LogP contribution in [0.15, 0.2) is 6.20 Å². The fourth-order valence-corrected chi connectivity index (χ4v) is 1.33. The maximum absolute atomic E-state index is 11.6. The molecule has 84 valence electrons. The first-order chi connectivity index (χ1) is 7.70. The van der Waals surface area contributed by atoms with Gasteiger partial charge in [0.2, 0.25) is 0 Å². The van der Waals surface area contributed by atoms with Gasteiger partial charge in [0.25, 0.3) is 5.91 Å². The summed E-state index contributed by atoms with van der Waals surface area (Å²) >= 11 is 0. The number of nitrogens with one attached hydrogen (secondary N) is 2. The minimum absolute atomic E-state index is 0.288. The molecule has 0 saturated carbocycles. The molecule has 1 atom stereocenters. The minimum Gasteiger partial charge on any atom is -0.337 e. The quantitative estimate of drug-likeness (QED) is 0.651. The fraction of sp³-hybridized carbons (Fsp3) is 0.500. The van der Waals surface area contributed by atoms with Crippen molar-refractivity contribution in [3.63, 3.8) is 0 Å². The molecule has 1 aliphatic heterocycles. The van der Waals surface area contributed by atoms with E-state index in [1.54, 1.807) is 17.8 Å². The summed E-state index contributed by atoms with van der Waals surface area (Å²) < 4.78 is 1.70. The van der Waals surface area contributed by atoms with Crippen molar-refractivity contribution >= 4 is 5.91 Å². The second-order valence-electron chi connectivity index (χ2n) is 3.76. The SMILES string of the molecule is C#CC(C)NC(=O)c1cn(C2CNC2)nn1. The van der Waals surface area contributed by atoms with E-state index in [1.165, 1.54) is 0 Å². The van der Waals surface area contributed by atoms with Gasteiger partial charge < -0.3 is 10.6 Å². The molecule has 0 aromatic carbocycles. The zero-order valence-electron chi connectivity index (χ0n) is 8.97. The van der Waals surface area contributed by atoms with E-state index in [0.29, 0.717) is 11.7 Å². The third kappa shape index (κ3) is 2.04. The van der Waals surface area contributed by atoms with E-state index in [9.17, 15) is 4.79 Å². The van der Waals surface area contributed by atoms with Gasteiger partial charge in [-0.3, -0.25) is 4.79 Å². The van der Waals surface area contributed by atoms with Crippen LogP contribution in [-0.2, 0) is 0 Å².